The van der Waals surface area contributed by atoms with Crippen molar-refractivity contribution in [2.75, 3.05) is 24.6 Å². The van der Waals surface area contributed by atoms with Crippen LogP contribution in [0.2, 0.25) is 0 Å². The number of rotatable bonds is 7. The van der Waals surface area contributed by atoms with E-state index >= 15 is 0 Å². The number of nitrogens with zero attached hydrogens (tertiary/aromatic N) is 2. The van der Waals surface area contributed by atoms with Crippen molar-refractivity contribution in [3.63, 3.8) is 0 Å². The third kappa shape index (κ3) is 3.90. The molecule has 0 radical (unpaired) electrons. The summed E-state index contributed by atoms with van der Waals surface area (Å²) in [6, 6.07) is 10.2. The number of aromatic nitrogens is 1. The van der Waals surface area contributed by atoms with Gasteiger partial charge in [-0.15, -0.1) is 0 Å². The predicted octanol–water partition coefficient (Wildman–Crippen LogP) is 4.92. The first-order valence-corrected chi connectivity index (χ1v) is 10.4. The second kappa shape index (κ2) is 8.30. The van der Waals surface area contributed by atoms with Crippen LogP contribution in [0.5, 0.6) is 0 Å². The van der Waals surface area contributed by atoms with Gasteiger partial charge >= 0.3 is 12.6 Å². The van der Waals surface area contributed by atoms with Crippen molar-refractivity contribution in [2.24, 2.45) is 0 Å². The van der Waals surface area contributed by atoms with Crippen LogP contribution in [0, 0.1) is 20.8 Å². The number of carboxylic acids is 1. The van der Waals surface area contributed by atoms with Gasteiger partial charge in [-0.25, -0.2) is 0 Å². The molecule has 0 unspecified atom stereocenters. The Morgan fingerprint density at radius 2 is 1.87 bits per heavy atom. The maximum absolute atomic E-state index is 12.5. The van der Waals surface area contributed by atoms with Crippen molar-refractivity contribution in [2.45, 2.75) is 40.3 Å². The van der Waals surface area contributed by atoms with Crippen molar-refractivity contribution < 1.29 is 23.4 Å². The summed E-state index contributed by atoms with van der Waals surface area (Å²) in [6.45, 7) is 4.82. The number of hydrogen-bond donors (Lipinski definition) is 1. The molecule has 0 saturated heterocycles. The molecule has 2 heterocycles. The summed E-state index contributed by atoms with van der Waals surface area (Å²) in [4.78, 5) is 13.8. The quantitative estimate of drug-likeness (QED) is 0.580. The van der Waals surface area contributed by atoms with Gasteiger partial charge in [0.1, 0.15) is 0 Å². The Morgan fingerprint density at radius 3 is 2.52 bits per heavy atom. The summed E-state index contributed by atoms with van der Waals surface area (Å²) >= 11 is 0. The second-order valence-corrected chi connectivity index (χ2v) is 8.08. The summed E-state index contributed by atoms with van der Waals surface area (Å²) in [5.41, 5.74) is 7.73. The summed E-state index contributed by atoms with van der Waals surface area (Å²) in [7, 11) is 0. The molecule has 3 aromatic rings. The van der Waals surface area contributed by atoms with Crippen LogP contribution in [-0.4, -0.2) is 42.0 Å². The maximum atomic E-state index is 12.5. The largest absolute Gasteiger partial charge is 0.481 e. The number of aryl methyl sites for hydroxylation is 2. The highest BCUT2D eigenvalue weighted by molar-refractivity contribution is 6.07. The fraction of sp³-hybridized carbons (Fsp3) is 0.375. The topological polar surface area (TPSA) is 54.7 Å². The zero-order valence-electron chi connectivity index (χ0n) is 17.9. The SMILES string of the molecule is Cc1ccc(-c2c(CC(=O)O)c(C)c3c4c2cc(C)n4CCN3CCOC(F)F)cc1. The average Bonchev–Trinajstić information content (AvgIpc) is 3.03. The molecule has 1 N–H and O–H groups in total. The number of ether oxygens (including phenoxy) is 1. The zero-order valence-corrected chi connectivity index (χ0v) is 17.9. The first-order chi connectivity index (χ1) is 14.8. The lowest BCUT2D eigenvalue weighted by Crippen LogP contribution is -2.35. The Labute approximate surface area is 179 Å². The minimum Gasteiger partial charge on any atom is -0.481 e. The number of carboxylic acid groups (broad SMARTS) is 1. The Hall–Kier alpha value is -2.93. The fourth-order valence-electron chi connectivity index (χ4n) is 4.70. The van der Waals surface area contributed by atoms with Crippen LogP contribution in [0.15, 0.2) is 30.3 Å². The molecule has 2 aromatic carbocycles. The van der Waals surface area contributed by atoms with Crippen molar-refractivity contribution in [1.29, 1.82) is 0 Å². The zero-order chi connectivity index (χ0) is 22.3. The number of anilines is 1. The molecule has 0 saturated carbocycles. The van der Waals surface area contributed by atoms with Crippen LogP contribution >= 0.6 is 0 Å². The molecular formula is C24H26F2N2O3. The Morgan fingerprint density at radius 1 is 1.16 bits per heavy atom. The smallest absolute Gasteiger partial charge is 0.345 e. The molecule has 7 heteroatoms. The van der Waals surface area contributed by atoms with Gasteiger partial charge in [-0.05, 0) is 49.1 Å². The molecule has 5 nitrogen and oxygen atoms in total. The standard InChI is InChI=1S/C24H26F2N2O3/c1-14-4-6-17(7-5-14)21-18(13-20(29)30)16(3)22-23-19(21)12-15(2)28(23)9-8-27(22)10-11-31-24(25)26/h4-7,12,24H,8-11,13H2,1-3H3,(H,29,30). The molecule has 1 aliphatic rings. The van der Waals surface area contributed by atoms with E-state index in [-0.39, 0.29) is 13.0 Å². The Kier molecular flexibility index (Phi) is 5.71. The van der Waals surface area contributed by atoms with Crippen LogP contribution in [-0.2, 0) is 22.5 Å². The van der Waals surface area contributed by atoms with E-state index < -0.39 is 12.6 Å². The summed E-state index contributed by atoms with van der Waals surface area (Å²) in [5, 5.41) is 10.7. The number of aliphatic carboxylic acids is 1. The monoisotopic (exact) mass is 428 g/mol. The van der Waals surface area contributed by atoms with Crippen molar-refractivity contribution in [1.82, 2.24) is 4.57 Å². The molecule has 1 aromatic heterocycles. The van der Waals surface area contributed by atoms with Crippen molar-refractivity contribution >= 4 is 22.6 Å². The number of carbonyl (C=O) groups is 1. The van der Waals surface area contributed by atoms with Gasteiger partial charge in [0.05, 0.1) is 24.2 Å². The minimum atomic E-state index is -2.80. The van der Waals surface area contributed by atoms with Gasteiger partial charge in [0.15, 0.2) is 0 Å². The molecule has 0 amide bonds. The van der Waals surface area contributed by atoms with Gasteiger partial charge in [-0.3, -0.25) is 4.79 Å². The predicted molar refractivity (Wildman–Crippen MR) is 117 cm³/mol. The summed E-state index contributed by atoms with van der Waals surface area (Å²) < 4.78 is 31.7. The van der Waals surface area contributed by atoms with Crippen molar-refractivity contribution in [3.8, 4) is 11.1 Å². The summed E-state index contributed by atoms with van der Waals surface area (Å²) in [5.74, 6) is -0.900. The van der Waals surface area contributed by atoms with Gasteiger partial charge in [0.2, 0.25) is 0 Å². The van der Waals surface area contributed by atoms with E-state index in [4.69, 9.17) is 0 Å². The minimum absolute atomic E-state index is 0.0910. The highest BCUT2D eigenvalue weighted by Gasteiger charge is 2.28. The van der Waals surface area contributed by atoms with E-state index in [1.807, 2.05) is 49.9 Å². The number of alkyl halides is 2. The highest BCUT2D eigenvalue weighted by Crippen LogP contribution is 2.44. The van der Waals surface area contributed by atoms with Crippen LogP contribution in [0.25, 0.3) is 22.0 Å². The molecule has 0 fully saturated rings. The second-order valence-electron chi connectivity index (χ2n) is 8.08. The average molecular weight is 428 g/mol. The number of hydrogen-bond acceptors (Lipinski definition) is 3. The fourth-order valence-corrected chi connectivity index (χ4v) is 4.70. The highest BCUT2D eigenvalue weighted by atomic mass is 19.3. The molecule has 31 heavy (non-hydrogen) atoms. The van der Waals surface area contributed by atoms with Crippen LogP contribution in [0.4, 0.5) is 14.5 Å². The first-order valence-electron chi connectivity index (χ1n) is 10.4. The Bertz CT molecular complexity index is 1140. The third-order valence-corrected chi connectivity index (χ3v) is 6.09. The molecule has 0 atom stereocenters. The van der Waals surface area contributed by atoms with E-state index in [1.165, 1.54) is 0 Å². The van der Waals surface area contributed by atoms with E-state index in [0.29, 0.717) is 13.1 Å². The Balaban J connectivity index is 1.96. The van der Waals surface area contributed by atoms with E-state index in [9.17, 15) is 18.7 Å². The molecular weight excluding hydrogens is 402 g/mol. The van der Waals surface area contributed by atoms with E-state index in [1.54, 1.807) is 0 Å². The van der Waals surface area contributed by atoms with E-state index in [0.717, 1.165) is 56.6 Å². The van der Waals surface area contributed by atoms with Crippen LogP contribution < -0.4 is 4.90 Å². The third-order valence-electron chi connectivity index (χ3n) is 6.09. The molecule has 164 valence electrons. The van der Waals surface area contributed by atoms with Crippen molar-refractivity contribution in [3.05, 3.63) is 52.7 Å². The molecule has 0 aliphatic carbocycles. The molecule has 4 rings (SSSR count). The van der Waals surface area contributed by atoms with Gasteiger partial charge in [0.25, 0.3) is 0 Å². The lowest BCUT2D eigenvalue weighted by Gasteiger charge is -2.34. The van der Waals surface area contributed by atoms with Crippen LogP contribution in [0.1, 0.15) is 22.4 Å². The maximum Gasteiger partial charge on any atom is 0.345 e. The van der Waals surface area contributed by atoms with E-state index in [2.05, 4.69) is 15.4 Å². The molecule has 0 bridgehead atoms. The normalized spacial score (nSPS) is 13.4. The van der Waals surface area contributed by atoms with Gasteiger partial charge in [-0.2, -0.15) is 8.78 Å². The molecule has 1 aliphatic heterocycles. The lowest BCUT2D eigenvalue weighted by atomic mass is 9.88. The summed E-state index contributed by atoms with van der Waals surface area (Å²) in [6.07, 6.45) is -0.108. The molecule has 0 spiro atoms. The van der Waals surface area contributed by atoms with Crippen LogP contribution in [0.3, 0.4) is 0 Å². The first kappa shape index (κ1) is 21.3. The number of benzene rings is 2. The van der Waals surface area contributed by atoms with Gasteiger partial charge in [-0.1, -0.05) is 29.8 Å². The lowest BCUT2D eigenvalue weighted by molar-refractivity contribution is -0.136. The van der Waals surface area contributed by atoms with Gasteiger partial charge in [0, 0.05) is 30.7 Å². The number of halogens is 2. The van der Waals surface area contributed by atoms with Gasteiger partial charge < -0.3 is 19.3 Å².